The second-order valence-corrected chi connectivity index (χ2v) is 6.06. The van der Waals surface area contributed by atoms with Crippen LogP contribution >= 0.6 is 0 Å². The van der Waals surface area contributed by atoms with Gasteiger partial charge in [0.15, 0.2) is 5.96 Å². The number of unbranched alkanes of at least 4 members (excludes halogenated alkanes) is 1. The number of nitrogens with one attached hydrogen (secondary N) is 1. The van der Waals surface area contributed by atoms with Crippen LogP contribution in [0.4, 0.5) is 0 Å². The van der Waals surface area contributed by atoms with Crippen molar-refractivity contribution in [3.8, 4) is 0 Å². The largest absolute Gasteiger partial charge is 0.357 e. The van der Waals surface area contributed by atoms with E-state index < -0.39 is 0 Å². The van der Waals surface area contributed by atoms with Crippen LogP contribution in [0.3, 0.4) is 0 Å². The van der Waals surface area contributed by atoms with Crippen molar-refractivity contribution in [1.29, 1.82) is 0 Å². The third kappa shape index (κ3) is 6.60. The van der Waals surface area contributed by atoms with E-state index in [9.17, 15) is 0 Å². The third-order valence-electron chi connectivity index (χ3n) is 4.05. The molecule has 118 valence electrons. The van der Waals surface area contributed by atoms with Crippen molar-refractivity contribution >= 4 is 5.96 Å². The second kappa shape index (κ2) is 10.0. The highest BCUT2D eigenvalue weighted by atomic mass is 15.3. The summed E-state index contributed by atoms with van der Waals surface area (Å²) in [4.78, 5) is 9.61. The first-order valence-corrected chi connectivity index (χ1v) is 8.39. The second-order valence-electron chi connectivity index (χ2n) is 6.06. The summed E-state index contributed by atoms with van der Waals surface area (Å²) in [5, 5.41) is 3.44. The average Bonchev–Trinajstić information content (AvgIpc) is 2.45. The van der Waals surface area contributed by atoms with Crippen LogP contribution in [0.15, 0.2) is 4.99 Å². The summed E-state index contributed by atoms with van der Waals surface area (Å²) in [5.41, 5.74) is 0. The lowest BCUT2D eigenvalue weighted by Crippen LogP contribution is -2.45. The molecule has 0 unspecified atom stereocenters. The van der Waals surface area contributed by atoms with Crippen LogP contribution in [0.2, 0.25) is 0 Å². The van der Waals surface area contributed by atoms with Gasteiger partial charge in [0, 0.05) is 26.2 Å². The number of aliphatic imine (C=N–C) groups is 1. The summed E-state index contributed by atoms with van der Waals surface area (Å²) < 4.78 is 0. The summed E-state index contributed by atoms with van der Waals surface area (Å²) in [7, 11) is 2.20. The van der Waals surface area contributed by atoms with Gasteiger partial charge >= 0.3 is 0 Å². The van der Waals surface area contributed by atoms with Gasteiger partial charge < -0.3 is 15.1 Å². The van der Waals surface area contributed by atoms with Gasteiger partial charge in [-0.25, -0.2) is 0 Å². The Kier molecular flexibility index (Phi) is 8.67. The molecule has 0 radical (unpaired) electrons. The van der Waals surface area contributed by atoms with Gasteiger partial charge in [-0.2, -0.15) is 0 Å². The van der Waals surface area contributed by atoms with Crippen molar-refractivity contribution in [2.45, 2.75) is 46.5 Å². The highest BCUT2D eigenvalue weighted by Crippen LogP contribution is 2.15. The monoisotopic (exact) mass is 282 g/mol. The first-order valence-electron chi connectivity index (χ1n) is 8.39. The number of nitrogens with zero attached hydrogens (tertiary/aromatic N) is 3. The molecule has 0 saturated carbocycles. The Morgan fingerprint density at radius 3 is 2.55 bits per heavy atom. The molecule has 1 rings (SSSR count). The lowest BCUT2D eigenvalue weighted by atomic mass is 10.00. The van der Waals surface area contributed by atoms with E-state index in [2.05, 4.69) is 42.9 Å². The molecule has 0 aliphatic carbocycles. The van der Waals surface area contributed by atoms with Gasteiger partial charge in [0.2, 0.25) is 0 Å². The Morgan fingerprint density at radius 2 is 1.95 bits per heavy atom. The van der Waals surface area contributed by atoms with Crippen LogP contribution in [0.1, 0.15) is 46.5 Å². The SMILES string of the molecule is CCCCN(C)CCN=C(NCC)N1CCC(C)CC1. The molecule has 1 heterocycles. The van der Waals surface area contributed by atoms with E-state index in [0.717, 1.165) is 44.6 Å². The molecule has 4 heteroatoms. The molecule has 1 N–H and O–H groups in total. The molecule has 0 amide bonds. The van der Waals surface area contributed by atoms with Crippen LogP contribution in [0, 0.1) is 5.92 Å². The third-order valence-corrected chi connectivity index (χ3v) is 4.05. The van der Waals surface area contributed by atoms with E-state index in [1.54, 1.807) is 0 Å². The number of likely N-dealkylation sites (N-methyl/N-ethyl adjacent to an activating group) is 1. The molecule has 0 bridgehead atoms. The lowest BCUT2D eigenvalue weighted by Gasteiger charge is -2.33. The van der Waals surface area contributed by atoms with Gasteiger partial charge in [-0.1, -0.05) is 20.3 Å². The first kappa shape index (κ1) is 17.3. The number of guanidine groups is 1. The summed E-state index contributed by atoms with van der Waals surface area (Å²) in [5.74, 6) is 1.98. The van der Waals surface area contributed by atoms with Crippen LogP contribution in [0.25, 0.3) is 0 Å². The van der Waals surface area contributed by atoms with Crippen LogP contribution in [-0.4, -0.2) is 62.1 Å². The van der Waals surface area contributed by atoms with Crippen LogP contribution in [0.5, 0.6) is 0 Å². The Morgan fingerprint density at radius 1 is 1.25 bits per heavy atom. The van der Waals surface area contributed by atoms with Crippen molar-refractivity contribution in [3.63, 3.8) is 0 Å². The quantitative estimate of drug-likeness (QED) is 0.575. The van der Waals surface area contributed by atoms with Crippen LogP contribution < -0.4 is 5.32 Å². The molecule has 0 aromatic heterocycles. The maximum Gasteiger partial charge on any atom is 0.193 e. The normalized spacial score (nSPS) is 17.9. The predicted octanol–water partition coefficient (Wildman–Crippen LogP) is 2.42. The molecule has 20 heavy (non-hydrogen) atoms. The van der Waals surface area contributed by atoms with E-state index >= 15 is 0 Å². The topological polar surface area (TPSA) is 30.9 Å². The van der Waals surface area contributed by atoms with Gasteiger partial charge in [0.1, 0.15) is 0 Å². The summed E-state index contributed by atoms with van der Waals surface area (Å²) in [6.07, 6.45) is 5.13. The number of hydrogen-bond acceptors (Lipinski definition) is 2. The number of hydrogen-bond donors (Lipinski definition) is 1. The van der Waals surface area contributed by atoms with Gasteiger partial charge in [-0.05, 0) is 45.7 Å². The van der Waals surface area contributed by atoms with Gasteiger partial charge in [0.25, 0.3) is 0 Å². The van der Waals surface area contributed by atoms with Gasteiger partial charge in [-0.3, -0.25) is 4.99 Å². The Balaban J connectivity index is 2.38. The van der Waals surface area contributed by atoms with Crippen molar-refractivity contribution in [1.82, 2.24) is 15.1 Å². The maximum absolute atomic E-state index is 4.80. The smallest absolute Gasteiger partial charge is 0.193 e. The fourth-order valence-corrected chi connectivity index (χ4v) is 2.51. The number of rotatable bonds is 7. The molecule has 0 aromatic rings. The van der Waals surface area contributed by atoms with E-state index in [4.69, 9.17) is 4.99 Å². The molecule has 0 spiro atoms. The number of likely N-dealkylation sites (tertiary alicyclic amines) is 1. The van der Waals surface area contributed by atoms with Crippen LogP contribution in [-0.2, 0) is 0 Å². The summed E-state index contributed by atoms with van der Waals surface area (Å²) >= 11 is 0. The average molecular weight is 282 g/mol. The Hall–Kier alpha value is -0.770. The summed E-state index contributed by atoms with van der Waals surface area (Å²) in [6.45, 7) is 13.1. The highest BCUT2D eigenvalue weighted by Gasteiger charge is 2.18. The molecular weight excluding hydrogens is 248 g/mol. The van der Waals surface area contributed by atoms with E-state index in [1.807, 2.05) is 0 Å². The minimum Gasteiger partial charge on any atom is -0.357 e. The lowest BCUT2D eigenvalue weighted by molar-refractivity contribution is 0.272. The first-order chi connectivity index (χ1) is 9.67. The molecule has 1 saturated heterocycles. The molecule has 0 aromatic carbocycles. The van der Waals surface area contributed by atoms with Crippen molar-refractivity contribution in [2.75, 3.05) is 46.3 Å². The maximum atomic E-state index is 4.80. The van der Waals surface area contributed by atoms with Crippen molar-refractivity contribution in [3.05, 3.63) is 0 Å². The molecule has 4 nitrogen and oxygen atoms in total. The van der Waals surface area contributed by atoms with E-state index in [1.165, 1.54) is 32.2 Å². The zero-order valence-corrected chi connectivity index (χ0v) is 14.0. The molecule has 1 aliphatic heterocycles. The number of piperidine rings is 1. The standard InChI is InChI=1S/C16H34N4/c1-5-7-11-19(4)14-10-18-16(17-6-2)20-12-8-15(3)9-13-20/h15H,5-14H2,1-4H3,(H,17,18). The fourth-order valence-electron chi connectivity index (χ4n) is 2.51. The van der Waals surface area contributed by atoms with Gasteiger partial charge in [-0.15, -0.1) is 0 Å². The Labute approximate surface area is 125 Å². The fraction of sp³-hybridized carbons (Fsp3) is 0.938. The van der Waals surface area contributed by atoms with Crippen molar-refractivity contribution < 1.29 is 0 Å². The van der Waals surface area contributed by atoms with E-state index in [-0.39, 0.29) is 0 Å². The minimum atomic E-state index is 0.870. The van der Waals surface area contributed by atoms with E-state index in [0.29, 0.717) is 0 Å². The summed E-state index contributed by atoms with van der Waals surface area (Å²) in [6, 6.07) is 0. The predicted molar refractivity (Wildman–Crippen MR) is 88.4 cm³/mol. The van der Waals surface area contributed by atoms with Crippen molar-refractivity contribution in [2.24, 2.45) is 10.9 Å². The molecule has 1 fully saturated rings. The van der Waals surface area contributed by atoms with Gasteiger partial charge in [0.05, 0.1) is 6.54 Å². The highest BCUT2D eigenvalue weighted by molar-refractivity contribution is 5.80. The molecule has 1 aliphatic rings. The Bertz CT molecular complexity index is 270. The zero-order chi connectivity index (χ0) is 14.8. The zero-order valence-electron chi connectivity index (χ0n) is 14.0. The molecule has 0 atom stereocenters. The minimum absolute atomic E-state index is 0.870. The molecular formula is C16H34N4.